The van der Waals surface area contributed by atoms with Crippen LogP contribution in [0.5, 0.6) is 0 Å². The second-order valence-electron chi connectivity index (χ2n) is 6.39. The van der Waals surface area contributed by atoms with Gasteiger partial charge in [-0.1, -0.05) is 0 Å². The minimum atomic E-state index is -0.147. The first-order chi connectivity index (χ1) is 13.7. The fourth-order valence-electron chi connectivity index (χ4n) is 3.05. The summed E-state index contributed by atoms with van der Waals surface area (Å²) >= 11 is 0. The summed E-state index contributed by atoms with van der Waals surface area (Å²) in [6, 6.07) is 6.95. The highest BCUT2D eigenvalue weighted by atomic mass is 16.4. The Kier molecular flexibility index (Phi) is 5.14. The van der Waals surface area contributed by atoms with Crippen molar-refractivity contribution in [2.75, 3.05) is 26.2 Å². The Labute approximate surface area is 161 Å². The molecule has 2 amide bonds. The molecule has 1 aliphatic rings. The average molecular weight is 381 g/mol. The van der Waals surface area contributed by atoms with E-state index in [9.17, 15) is 9.59 Å². The summed E-state index contributed by atoms with van der Waals surface area (Å²) in [5, 5.41) is 7.99. The van der Waals surface area contributed by atoms with E-state index in [1.807, 2.05) is 6.07 Å². The molecule has 1 aliphatic heterocycles. The maximum absolute atomic E-state index is 12.5. The first kappa shape index (κ1) is 17.9. The van der Waals surface area contributed by atoms with Gasteiger partial charge in [0, 0.05) is 51.4 Å². The van der Waals surface area contributed by atoms with Crippen molar-refractivity contribution in [1.82, 2.24) is 25.0 Å². The standard InChI is InChI=1S/C19H19N5O4/c25-17(6-5-16-21-22-18(28-16)14-3-1-7-20-13-14)23-8-10-24(11-9-23)19(26)15-4-2-12-27-15/h1-4,7,12-13H,5-6,8-11H2. The van der Waals surface area contributed by atoms with Gasteiger partial charge in [0.15, 0.2) is 5.76 Å². The molecule has 0 aromatic carbocycles. The summed E-state index contributed by atoms with van der Waals surface area (Å²) in [6.45, 7) is 1.96. The molecule has 1 fully saturated rings. The normalized spacial score (nSPS) is 14.3. The van der Waals surface area contributed by atoms with Crippen molar-refractivity contribution < 1.29 is 18.4 Å². The minimum absolute atomic E-state index is 0.00576. The number of furan rings is 1. The van der Waals surface area contributed by atoms with Gasteiger partial charge in [0.2, 0.25) is 17.7 Å². The molecule has 3 aromatic rings. The van der Waals surface area contributed by atoms with Crippen molar-refractivity contribution in [3.05, 3.63) is 54.6 Å². The summed E-state index contributed by atoms with van der Waals surface area (Å²) < 4.78 is 10.7. The molecule has 0 saturated carbocycles. The highest BCUT2D eigenvalue weighted by Gasteiger charge is 2.26. The third kappa shape index (κ3) is 3.93. The summed E-state index contributed by atoms with van der Waals surface area (Å²) in [4.78, 5) is 32.2. The van der Waals surface area contributed by atoms with E-state index in [2.05, 4.69) is 15.2 Å². The van der Waals surface area contributed by atoms with Crippen LogP contribution in [0.2, 0.25) is 0 Å². The van der Waals surface area contributed by atoms with Crippen LogP contribution in [0.4, 0.5) is 0 Å². The van der Waals surface area contributed by atoms with Gasteiger partial charge in [-0.2, -0.15) is 0 Å². The molecular weight excluding hydrogens is 362 g/mol. The highest BCUT2D eigenvalue weighted by Crippen LogP contribution is 2.17. The Morgan fingerprint density at radius 1 is 1.04 bits per heavy atom. The van der Waals surface area contributed by atoms with Crippen molar-refractivity contribution in [2.24, 2.45) is 0 Å². The zero-order chi connectivity index (χ0) is 19.3. The summed E-state index contributed by atoms with van der Waals surface area (Å²) in [6.07, 6.45) is 5.44. The molecule has 0 spiro atoms. The van der Waals surface area contributed by atoms with Crippen LogP contribution in [0.25, 0.3) is 11.5 Å². The average Bonchev–Trinajstić information content (AvgIpc) is 3.44. The SMILES string of the molecule is O=C(CCc1nnc(-c2cccnc2)o1)N1CCN(C(=O)c2ccco2)CC1. The molecule has 0 atom stereocenters. The molecule has 0 unspecified atom stereocenters. The maximum Gasteiger partial charge on any atom is 0.289 e. The van der Waals surface area contributed by atoms with Gasteiger partial charge in [-0.3, -0.25) is 14.6 Å². The van der Waals surface area contributed by atoms with Crippen LogP contribution < -0.4 is 0 Å². The van der Waals surface area contributed by atoms with Crippen LogP contribution in [0, 0.1) is 0 Å². The number of piperazine rings is 1. The third-order valence-corrected chi connectivity index (χ3v) is 4.58. The number of hydrogen-bond acceptors (Lipinski definition) is 7. The zero-order valence-corrected chi connectivity index (χ0v) is 15.2. The highest BCUT2D eigenvalue weighted by molar-refractivity contribution is 5.91. The number of rotatable bonds is 5. The molecule has 3 aromatic heterocycles. The molecule has 4 heterocycles. The Morgan fingerprint density at radius 3 is 2.57 bits per heavy atom. The van der Waals surface area contributed by atoms with Crippen molar-refractivity contribution in [3.8, 4) is 11.5 Å². The fourth-order valence-corrected chi connectivity index (χ4v) is 3.05. The number of nitrogens with zero attached hydrogens (tertiary/aromatic N) is 5. The molecule has 9 nitrogen and oxygen atoms in total. The monoisotopic (exact) mass is 381 g/mol. The largest absolute Gasteiger partial charge is 0.459 e. The molecule has 1 saturated heterocycles. The van der Waals surface area contributed by atoms with Gasteiger partial charge < -0.3 is 18.6 Å². The van der Waals surface area contributed by atoms with Crippen molar-refractivity contribution in [3.63, 3.8) is 0 Å². The lowest BCUT2D eigenvalue weighted by atomic mass is 10.2. The van der Waals surface area contributed by atoms with Crippen LogP contribution in [0.1, 0.15) is 22.9 Å². The van der Waals surface area contributed by atoms with E-state index >= 15 is 0 Å². The molecule has 144 valence electrons. The van der Waals surface area contributed by atoms with Gasteiger partial charge in [0.25, 0.3) is 5.91 Å². The molecule has 0 bridgehead atoms. The predicted octanol–water partition coefficient (Wildman–Crippen LogP) is 1.64. The lowest BCUT2D eigenvalue weighted by Crippen LogP contribution is -2.50. The number of aryl methyl sites for hydroxylation is 1. The van der Waals surface area contributed by atoms with Gasteiger partial charge in [-0.05, 0) is 24.3 Å². The molecule has 0 aliphatic carbocycles. The number of pyridine rings is 1. The van der Waals surface area contributed by atoms with Crippen molar-refractivity contribution in [1.29, 1.82) is 0 Å². The Balaban J connectivity index is 1.26. The maximum atomic E-state index is 12.5. The first-order valence-corrected chi connectivity index (χ1v) is 9.04. The van der Waals surface area contributed by atoms with E-state index in [4.69, 9.17) is 8.83 Å². The summed E-state index contributed by atoms with van der Waals surface area (Å²) in [5.74, 6) is 0.983. The molecule has 28 heavy (non-hydrogen) atoms. The van der Waals surface area contributed by atoms with Crippen molar-refractivity contribution >= 4 is 11.8 Å². The second kappa shape index (κ2) is 8.03. The number of carbonyl (C=O) groups excluding carboxylic acids is 2. The molecule has 4 rings (SSSR count). The number of carbonyl (C=O) groups is 2. The summed E-state index contributed by atoms with van der Waals surface area (Å²) in [5.41, 5.74) is 0.741. The van der Waals surface area contributed by atoms with Crippen LogP contribution in [-0.4, -0.2) is 63.0 Å². The molecular formula is C19H19N5O4. The minimum Gasteiger partial charge on any atom is -0.459 e. The Bertz CT molecular complexity index is 930. The van der Waals surface area contributed by atoms with Crippen LogP contribution >= 0.6 is 0 Å². The number of amides is 2. The van der Waals surface area contributed by atoms with E-state index in [0.717, 1.165) is 5.56 Å². The number of hydrogen-bond donors (Lipinski definition) is 0. The predicted molar refractivity (Wildman–Crippen MR) is 97.0 cm³/mol. The molecule has 0 N–H and O–H groups in total. The Hall–Kier alpha value is -3.49. The second-order valence-corrected chi connectivity index (χ2v) is 6.39. The summed E-state index contributed by atoms with van der Waals surface area (Å²) in [7, 11) is 0. The fraction of sp³-hybridized carbons (Fsp3) is 0.316. The van der Waals surface area contributed by atoms with Gasteiger partial charge in [0.05, 0.1) is 11.8 Å². The quantitative estimate of drug-likeness (QED) is 0.661. The van der Waals surface area contributed by atoms with E-state index in [1.54, 1.807) is 40.4 Å². The van der Waals surface area contributed by atoms with E-state index < -0.39 is 0 Å². The lowest BCUT2D eigenvalue weighted by Gasteiger charge is -2.34. The number of aromatic nitrogens is 3. The lowest BCUT2D eigenvalue weighted by molar-refractivity contribution is -0.132. The van der Waals surface area contributed by atoms with Crippen LogP contribution in [0.3, 0.4) is 0 Å². The first-order valence-electron chi connectivity index (χ1n) is 9.04. The van der Waals surface area contributed by atoms with E-state index in [-0.39, 0.29) is 18.2 Å². The van der Waals surface area contributed by atoms with Crippen LogP contribution in [0.15, 0.2) is 51.8 Å². The van der Waals surface area contributed by atoms with Crippen LogP contribution in [-0.2, 0) is 11.2 Å². The van der Waals surface area contributed by atoms with Gasteiger partial charge >= 0.3 is 0 Å². The van der Waals surface area contributed by atoms with E-state index in [0.29, 0.717) is 50.1 Å². The van der Waals surface area contributed by atoms with Gasteiger partial charge in [0.1, 0.15) is 0 Å². The van der Waals surface area contributed by atoms with E-state index in [1.165, 1.54) is 6.26 Å². The Morgan fingerprint density at radius 2 is 1.86 bits per heavy atom. The van der Waals surface area contributed by atoms with Crippen molar-refractivity contribution in [2.45, 2.75) is 12.8 Å². The topological polar surface area (TPSA) is 106 Å². The van der Waals surface area contributed by atoms with Gasteiger partial charge in [-0.15, -0.1) is 10.2 Å². The molecule has 0 radical (unpaired) electrons. The zero-order valence-electron chi connectivity index (χ0n) is 15.2. The van der Waals surface area contributed by atoms with Gasteiger partial charge in [-0.25, -0.2) is 0 Å². The molecule has 9 heteroatoms. The third-order valence-electron chi connectivity index (χ3n) is 4.58. The smallest absolute Gasteiger partial charge is 0.289 e.